The minimum absolute atomic E-state index is 1.17. The van der Waals surface area contributed by atoms with Gasteiger partial charge in [-0.25, -0.2) is 0 Å². The van der Waals surface area contributed by atoms with Gasteiger partial charge in [-0.1, -0.05) is 43.2 Å². The van der Waals surface area contributed by atoms with Crippen LogP contribution in [0.15, 0.2) is 24.3 Å². The van der Waals surface area contributed by atoms with Crippen LogP contribution < -0.4 is 0 Å². The van der Waals surface area contributed by atoms with Crippen molar-refractivity contribution in [3.8, 4) is 0 Å². The molecule has 0 atom stereocenters. The number of nitrogens with zero attached hydrogens (tertiary/aromatic N) is 1. The Morgan fingerprint density at radius 2 is 1.73 bits per heavy atom. The summed E-state index contributed by atoms with van der Waals surface area (Å²) >= 11 is 0. The number of aryl methyl sites for hydroxylation is 1. The fourth-order valence-electron chi connectivity index (χ4n) is 1.61. The smallest absolute Gasteiger partial charge is 0.00188 e. The van der Waals surface area contributed by atoms with E-state index in [-0.39, 0.29) is 0 Å². The molecule has 0 unspecified atom stereocenters. The summed E-state index contributed by atoms with van der Waals surface area (Å²) in [5.41, 5.74) is 2.79. The third kappa shape index (κ3) is 4.98. The van der Waals surface area contributed by atoms with Gasteiger partial charge in [-0.05, 0) is 38.9 Å². The molecule has 0 N–H and O–H groups in total. The Hall–Kier alpha value is -0.820. The zero-order valence-electron chi connectivity index (χ0n) is 10.3. The second-order valence-corrected chi connectivity index (χ2v) is 4.39. The molecule has 1 nitrogen and oxygen atoms in total. The van der Waals surface area contributed by atoms with E-state index in [0.29, 0.717) is 0 Å². The first-order chi connectivity index (χ1) is 7.22. The van der Waals surface area contributed by atoms with Gasteiger partial charge in [0, 0.05) is 6.54 Å². The van der Waals surface area contributed by atoms with Crippen LogP contribution in [0.4, 0.5) is 0 Å². The molecule has 1 rings (SSSR count). The van der Waals surface area contributed by atoms with E-state index in [1.807, 2.05) is 0 Å². The lowest BCUT2D eigenvalue weighted by Gasteiger charge is -2.15. The lowest BCUT2D eigenvalue weighted by Crippen LogP contribution is -2.22. The minimum atomic E-state index is 1.17. The van der Waals surface area contributed by atoms with E-state index >= 15 is 0 Å². The van der Waals surface area contributed by atoms with E-state index in [1.165, 1.54) is 43.5 Å². The summed E-state index contributed by atoms with van der Waals surface area (Å²) in [7, 11) is 2.21. The number of likely N-dealkylation sites (N-methyl/N-ethyl adjacent to an activating group) is 1. The number of hydrogen-bond acceptors (Lipinski definition) is 1. The highest BCUT2D eigenvalue weighted by Crippen LogP contribution is 2.04. The van der Waals surface area contributed by atoms with E-state index in [2.05, 4.69) is 50.1 Å². The molecule has 0 bridgehead atoms. The van der Waals surface area contributed by atoms with Crippen molar-refractivity contribution < 1.29 is 0 Å². The number of unbranched alkanes of at least 4 members (excludes halogenated alkanes) is 1. The molecule has 15 heavy (non-hydrogen) atoms. The van der Waals surface area contributed by atoms with Crippen molar-refractivity contribution in [3.05, 3.63) is 35.4 Å². The van der Waals surface area contributed by atoms with Crippen LogP contribution in [-0.4, -0.2) is 25.0 Å². The number of hydrogen-bond donors (Lipinski definition) is 0. The van der Waals surface area contributed by atoms with Crippen molar-refractivity contribution in [3.63, 3.8) is 0 Å². The van der Waals surface area contributed by atoms with Gasteiger partial charge in [0.1, 0.15) is 0 Å². The maximum absolute atomic E-state index is 2.42. The predicted molar refractivity (Wildman–Crippen MR) is 67.3 cm³/mol. The molecule has 0 radical (unpaired) electrons. The molecule has 0 spiro atoms. The first-order valence-corrected chi connectivity index (χ1v) is 5.96. The van der Waals surface area contributed by atoms with Gasteiger partial charge < -0.3 is 4.90 Å². The highest BCUT2D eigenvalue weighted by Gasteiger charge is 1.98. The van der Waals surface area contributed by atoms with Gasteiger partial charge in [-0.15, -0.1) is 0 Å². The fraction of sp³-hybridized carbons (Fsp3) is 0.571. The Kier molecular flexibility index (Phi) is 5.41. The summed E-state index contributed by atoms with van der Waals surface area (Å²) in [6.45, 7) is 6.77. The van der Waals surface area contributed by atoms with Crippen LogP contribution >= 0.6 is 0 Å². The van der Waals surface area contributed by atoms with Crippen molar-refractivity contribution in [2.75, 3.05) is 20.1 Å². The highest BCUT2D eigenvalue weighted by molar-refractivity contribution is 5.21. The average molecular weight is 205 g/mol. The minimum Gasteiger partial charge on any atom is -0.306 e. The molecule has 0 heterocycles. The molecule has 0 aromatic heterocycles. The van der Waals surface area contributed by atoms with Gasteiger partial charge in [0.15, 0.2) is 0 Å². The SMILES string of the molecule is CCCCN(C)CCc1ccc(C)cc1. The lowest BCUT2D eigenvalue weighted by molar-refractivity contribution is 0.332. The second-order valence-electron chi connectivity index (χ2n) is 4.39. The summed E-state index contributed by atoms with van der Waals surface area (Å²) in [5.74, 6) is 0. The molecule has 84 valence electrons. The summed E-state index contributed by atoms with van der Waals surface area (Å²) in [6.07, 6.45) is 3.76. The zero-order valence-corrected chi connectivity index (χ0v) is 10.3. The van der Waals surface area contributed by atoms with Gasteiger partial charge in [0.25, 0.3) is 0 Å². The monoisotopic (exact) mass is 205 g/mol. The highest BCUT2D eigenvalue weighted by atomic mass is 15.1. The van der Waals surface area contributed by atoms with E-state index in [1.54, 1.807) is 0 Å². The summed E-state index contributed by atoms with van der Waals surface area (Å²) in [5, 5.41) is 0. The van der Waals surface area contributed by atoms with Crippen LogP contribution in [0.2, 0.25) is 0 Å². The molecule has 0 saturated carbocycles. The largest absolute Gasteiger partial charge is 0.306 e. The van der Waals surface area contributed by atoms with Crippen LogP contribution in [-0.2, 0) is 6.42 Å². The van der Waals surface area contributed by atoms with Gasteiger partial charge >= 0.3 is 0 Å². The molecule has 0 fully saturated rings. The van der Waals surface area contributed by atoms with Crippen LogP contribution in [0.1, 0.15) is 30.9 Å². The van der Waals surface area contributed by atoms with E-state index in [0.717, 1.165) is 0 Å². The van der Waals surface area contributed by atoms with Gasteiger partial charge in [0.2, 0.25) is 0 Å². The van der Waals surface area contributed by atoms with E-state index in [9.17, 15) is 0 Å². The molecule has 0 aliphatic rings. The second kappa shape index (κ2) is 6.62. The topological polar surface area (TPSA) is 3.24 Å². The molecule has 0 amide bonds. The van der Waals surface area contributed by atoms with Crippen LogP contribution in [0.3, 0.4) is 0 Å². The fourth-order valence-corrected chi connectivity index (χ4v) is 1.61. The van der Waals surface area contributed by atoms with Crippen molar-refractivity contribution >= 4 is 0 Å². The Morgan fingerprint density at radius 3 is 2.33 bits per heavy atom. The standard InChI is InChI=1S/C14H23N/c1-4-5-11-15(3)12-10-14-8-6-13(2)7-9-14/h6-9H,4-5,10-12H2,1-3H3. The molecule has 0 aliphatic heterocycles. The van der Waals surface area contributed by atoms with Crippen molar-refractivity contribution in [2.45, 2.75) is 33.1 Å². The molecular formula is C14H23N. The van der Waals surface area contributed by atoms with Crippen molar-refractivity contribution in [1.29, 1.82) is 0 Å². The Bertz CT molecular complexity index is 263. The third-order valence-electron chi connectivity index (χ3n) is 2.80. The van der Waals surface area contributed by atoms with Gasteiger partial charge in [-0.2, -0.15) is 0 Å². The normalized spacial score (nSPS) is 10.9. The quantitative estimate of drug-likeness (QED) is 0.689. The zero-order chi connectivity index (χ0) is 11.1. The summed E-state index contributed by atoms with van der Waals surface area (Å²) < 4.78 is 0. The van der Waals surface area contributed by atoms with E-state index in [4.69, 9.17) is 0 Å². The molecule has 1 heteroatoms. The Balaban J connectivity index is 2.27. The first kappa shape index (κ1) is 12.3. The van der Waals surface area contributed by atoms with Gasteiger partial charge in [0.05, 0.1) is 0 Å². The number of rotatable bonds is 6. The predicted octanol–water partition coefficient (Wildman–Crippen LogP) is 3.27. The average Bonchev–Trinajstić information content (AvgIpc) is 2.25. The summed E-state index contributed by atoms with van der Waals surface area (Å²) in [6, 6.07) is 8.87. The molecule has 0 aliphatic carbocycles. The van der Waals surface area contributed by atoms with Crippen molar-refractivity contribution in [1.82, 2.24) is 4.90 Å². The maximum atomic E-state index is 2.42. The molecule has 1 aromatic carbocycles. The Labute approximate surface area is 94.1 Å². The van der Waals surface area contributed by atoms with Crippen LogP contribution in [0.5, 0.6) is 0 Å². The Morgan fingerprint density at radius 1 is 1.07 bits per heavy atom. The third-order valence-corrected chi connectivity index (χ3v) is 2.80. The molecule has 1 aromatic rings. The first-order valence-electron chi connectivity index (χ1n) is 5.96. The van der Waals surface area contributed by atoms with Gasteiger partial charge in [-0.3, -0.25) is 0 Å². The number of benzene rings is 1. The maximum Gasteiger partial charge on any atom is 0.00188 e. The molecular weight excluding hydrogens is 182 g/mol. The summed E-state index contributed by atoms with van der Waals surface area (Å²) in [4.78, 5) is 2.42. The molecule has 0 saturated heterocycles. The van der Waals surface area contributed by atoms with Crippen LogP contribution in [0.25, 0.3) is 0 Å². The van der Waals surface area contributed by atoms with E-state index < -0.39 is 0 Å². The lowest BCUT2D eigenvalue weighted by atomic mass is 10.1. The van der Waals surface area contributed by atoms with Crippen molar-refractivity contribution in [2.24, 2.45) is 0 Å². The van der Waals surface area contributed by atoms with Crippen LogP contribution in [0, 0.1) is 6.92 Å².